The third-order valence-corrected chi connectivity index (χ3v) is 7.06. The molecule has 1 aromatic heterocycles. The molecule has 3 aromatic rings. The number of piperidine rings is 1. The number of amides is 1. The number of nitrogens with zero attached hydrogens (tertiary/aromatic N) is 5. The van der Waals surface area contributed by atoms with E-state index in [-0.39, 0.29) is 0 Å². The summed E-state index contributed by atoms with van der Waals surface area (Å²) >= 11 is 12.5. The Hall–Kier alpha value is -3.20. The van der Waals surface area contributed by atoms with Gasteiger partial charge in [-0.05, 0) is 74.6 Å². The molecule has 0 spiro atoms. The topological polar surface area (TPSA) is 89.6 Å². The molecule has 1 amide bonds. The predicted octanol–water partition coefficient (Wildman–Crippen LogP) is 8.33. The summed E-state index contributed by atoms with van der Waals surface area (Å²) in [5, 5.41) is 8.27. The summed E-state index contributed by atoms with van der Waals surface area (Å²) in [6.45, 7) is 12.2. The van der Waals surface area contributed by atoms with E-state index >= 15 is 0 Å². The first-order valence-corrected chi connectivity index (χ1v) is 14.4. The van der Waals surface area contributed by atoms with Crippen LogP contribution in [-0.4, -0.2) is 46.1 Å². The van der Waals surface area contributed by atoms with Gasteiger partial charge < -0.3 is 0 Å². The van der Waals surface area contributed by atoms with E-state index in [1.54, 1.807) is 18.1 Å². The number of hydrazine groups is 1. The number of nitrogens with one attached hydrogen (secondary N) is 2. The molecule has 1 fully saturated rings. The van der Waals surface area contributed by atoms with Crippen molar-refractivity contribution in [3.63, 3.8) is 0 Å². The maximum atomic E-state index is 9.92. The van der Waals surface area contributed by atoms with Gasteiger partial charge in [-0.25, -0.2) is 9.99 Å². The van der Waals surface area contributed by atoms with E-state index in [0.717, 1.165) is 60.0 Å². The van der Waals surface area contributed by atoms with Crippen molar-refractivity contribution >= 4 is 35.3 Å². The average Bonchev–Trinajstić information content (AvgIpc) is 3.36. The first-order chi connectivity index (χ1) is 19.3. The Bertz CT molecular complexity index is 1270. The fourth-order valence-electron chi connectivity index (χ4n) is 4.42. The Labute approximate surface area is 248 Å². The summed E-state index contributed by atoms with van der Waals surface area (Å²) in [6.07, 6.45) is 7.17. The number of carbonyl (C=O) groups is 1. The predicted molar refractivity (Wildman–Crippen MR) is 166 cm³/mol. The molecule has 0 bridgehead atoms. The standard InChI is InChI=1S/C22H23Cl2N5.C6H12N2O.C2H6/c1-5-14(2)21(28(4)27-25)16-6-9-18(10-7-16)29-15(3)13-26-22(29)19-11-8-17(23)12-20(19)24;9-6-7-8-4-2-1-3-5-8;1-2/h6-13,25H,5H2,1-4H3;6H,1-5H2,(H,7,9);1-2H3. The molecule has 0 radical (unpaired) electrons. The number of allylic oxidation sites excluding steroid dienone is 1. The third kappa shape index (κ3) is 8.65. The molecule has 0 saturated carbocycles. The summed E-state index contributed by atoms with van der Waals surface area (Å²) in [7, 11) is 1.79. The number of aryl methyl sites for hydroxylation is 1. The van der Waals surface area contributed by atoms with E-state index in [1.165, 1.54) is 24.8 Å². The first-order valence-electron chi connectivity index (χ1n) is 13.7. The van der Waals surface area contributed by atoms with E-state index in [2.05, 4.69) is 34.0 Å². The van der Waals surface area contributed by atoms with Gasteiger partial charge in [-0.15, -0.1) is 0 Å². The first kappa shape index (κ1) is 33.0. The van der Waals surface area contributed by atoms with Gasteiger partial charge in [-0.1, -0.05) is 67.7 Å². The Morgan fingerprint density at radius 3 is 2.33 bits per heavy atom. The molecule has 0 aliphatic carbocycles. The molecular weight excluding hydrogens is 545 g/mol. The highest BCUT2D eigenvalue weighted by Crippen LogP contribution is 2.32. The molecule has 8 nitrogen and oxygen atoms in total. The van der Waals surface area contributed by atoms with Gasteiger partial charge in [0.05, 0.1) is 10.7 Å². The van der Waals surface area contributed by atoms with Gasteiger partial charge in [0.1, 0.15) is 5.82 Å². The smallest absolute Gasteiger partial charge is 0.221 e. The van der Waals surface area contributed by atoms with Crippen LogP contribution < -0.4 is 5.43 Å². The molecule has 1 aliphatic rings. The van der Waals surface area contributed by atoms with Gasteiger partial charge in [0.2, 0.25) is 6.41 Å². The van der Waals surface area contributed by atoms with Crippen molar-refractivity contribution < 1.29 is 4.79 Å². The van der Waals surface area contributed by atoms with Gasteiger partial charge in [0.15, 0.2) is 0 Å². The van der Waals surface area contributed by atoms with Crippen molar-refractivity contribution in [3.05, 3.63) is 75.5 Å². The maximum absolute atomic E-state index is 9.92. The van der Waals surface area contributed by atoms with Gasteiger partial charge in [-0.3, -0.25) is 19.8 Å². The van der Waals surface area contributed by atoms with Crippen LogP contribution >= 0.6 is 23.2 Å². The number of aromatic nitrogens is 2. The van der Waals surface area contributed by atoms with Crippen LogP contribution in [0.15, 0.2) is 59.5 Å². The highest BCUT2D eigenvalue weighted by atomic mass is 35.5. The second kappa shape index (κ2) is 16.8. The maximum Gasteiger partial charge on any atom is 0.221 e. The molecule has 2 aromatic carbocycles. The molecule has 0 atom stereocenters. The Morgan fingerprint density at radius 2 is 1.77 bits per heavy atom. The van der Waals surface area contributed by atoms with Gasteiger partial charge in [0, 0.05) is 48.3 Å². The van der Waals surface area contributed by atoms with Crippen LogP contribution in [0.25, 0.3) is 22.8 Å². The van der Waals surface area contributed by atoms with Crippen molar-refractivity contribution in [1.29, 1.82) is 5.53 Å². The van der Waals surface area contributed by atoms with E-state index in [4.69, 9.17) is 28.7 Å². The fraction of sp³-hybridized carbons (Fsp3) is 0.400. The molecule has 4 rings (SSSR count). The van der Waals surface area contributed by atoms with Crippen molar-refractivity contribution in [2.45, 2.75) is 60.3 Å². The van der Waals surface area contributed by atoms with Crippen LogP contribution in [0.5, 0.6) is 0 Å². The normalized spacial score (nSPS) is 13.6. The number of benzene rings is 2. The summed E-state index contributed by atoms with van der Waals surface area (Å²) in [4.78, 5) is 14.5. The van der Waals surface area contributed by atoms with E-state index in [9.17, 15) is 4.79 Å². The summed E-state index contributed by atoms with van der Waals surface area (Å²) in [5.74, 6) is 0.760. The van der Waals surface area contributed by atoms with E-state index in [0.29, 0.717) is 10.0 Å². The van der Waals surface area contributed by atoms with Crippen LogP contribution in [0.2, 0.25) is 10.0 Å². The SMILES string of the molecule is CC.CCC(C)=C(c1ccc(-n2c(C)cnc2-c2ccc(Cl)cc2Cl)cc1)N(C)N=N.O=CNN1CCCCC1. The van der Waals surface area contributed by atoms with Crippen LogP contribution in [0.1, 0.15) is 64.6 Å². The van der Waals surface area contributed by atoms with Gasteiger partial charge in [-0.2, -0.15) is 5.53 Å². The zero-order valence-corrected chi connectivity index (χ0v) is 25.9. The van der Waals surface area contributed by atoms with Gasteiger partial charge in [0.25, 0.3) is 0 Å². The largest absolute Gasteiger partial charge is 0.297 e. The summed E-state index contributed by atoms with van der Waals surface area (Å²) in [6, 6.07) is 13.6. The zero-order valence-electron chi connectivity index (χ0n) is 24.3. The monoisotopic (exact) mass is 585 g/mol. The number of rotatable bonds is 8. The van der Waals surface area contributed by atoms with Crippen molar-refractivity contribution in [2.75, 3.05) is 20.1 Å². The molecule has 1 saturated heterocycles. The molecule has 2 heterocycles. The second-order valence-corrected chi connectivity index (χ2v) is 9.97. The van der Waals surface area contributed by atoms with Crippen molar-refractivity contribution in [1.82, 2.24) is 25.0 Å². The zero-order chi connectivity index (χ0) is 29.7. The van der Waals surface area contributed by atoms with Crippen LogP contribution in [0, 0.1) is 12.5 Å². The number of hydrogen-bond donors (Lipinski definition) is 2. The lowest BCUT2D eigenvalue weighted by molar-refractivity contribution is -0.114. The van der Waals surface area contributed by atoms with Gasteiger partial charge >= 0.3 is 0 Å². The minimum absolute atomic E-state index is 0.559. The molecule has 40 heavy (non-hydrogen) atoms. The van der Waals surface area contributed by atoms with Crippen molar-refractivity contribution in [3.8, 4) is 17.1 Å². The van der Waals surface area contributed by atoms with Crippen LogP contribution in [0.3, 0.4) is 0 Å². The highest BCUT2D eigenvalue weighted by molar-refractivity contribution is 6.36. The Balaban J connectivity index is 0.000000428. The minimum atomic E-state index is 0.559. The molecule has 10 heteroatoms. The van der Waals surface area contributed by atoms with Crippen LogP contribution in [0.4, 0.5) is 0 Å². The number of imidazole rings is 1. The number of halogens is 2. The van der Waals surface area contributed by atoms with E-state index in [1.807, 2.05) is 68.4 Å². The fourth-order valence-corrected chi connectivity index (χ4v) is 4.91. The summed E-state index contributed by atoms with van der Waals surface area (Å²) < 4.78 is 2.06. The minimum Gasteiger partial charge on any atom is -0.297 e. The lowest BCUT2D eigenvalue weighted by Crippen LogP contribution is -2.40. The molecule has 216 valence electrons. The quantitative estimate of drug-likeness (QED) is 0.158. The summed E-state index contributed by atoms with van der Waals surface area (Å²) in [5.41, 5.74) is 15.9. The molecule has 1 aliphatic heterocycles. The van der Waals surface area contributed by atoms with Crippen LogP contribution in [-0.2, 0) is 4.79 Å². The Kier molecular flexibility index (Phi) is 13.9. The molecule has 2 N–H and O–H groups in total. The van der Waals surface area contributed by atoms with E-state index < -0.39 is 0 Å². The van der Waals surface area contributed by atoms with Crippen molar-refractivity contribution in [2.24, 2.45) is 5.22 Å². The second-order valence-electron chi connectivity index (χ2n) is 9.13. The molecular formula is C30H41Cl2N7O. The lowest BCUT2D eigenvalue weighted by Gasteiger charge is -2.24. The molecule has 0 unspecified atom stereocenters. The number of carbonyl (C=O) groups excluding carboxylic acids is 1. The third-order valence-electron chi connectivity index (χ3n) is 6.51. The highest BCUT2D eigenvalue weighted by Gasteiger charge is 2.16. The Morgan fingerprint density at radius 1 is 1.12 bits per heavy atom. The lowest BCUT2D eigenvalue weighted by atomic mass is 10.0. The number of hydrogen-bond acceptors (Lipinski definition) is 5. The average molecular weight is 587 g/mol.